The van der Waals surface area contributed by atoms with Crippen molar-refractivity contribution in [3.05, 3.63) is 66.2 Å². The van der Waals surface area contributed by atoms with E-state index in [2.05, 4.69) is 22.8 Å². The lowest BCUT2D eigenvalue weighted by Gasteiger charge is -2.27. The van der Waals surface area contributed by atoms with E-state index >= 15 is 0 Å². The largest absolute Gasteiger partial charge is 0.473 e. The molecule has 2 aromatic carbocycles. The number of ether oxygens (including phenoxy) is 1. The number of benzene rings is 2. The Bertz CT molecular complexity index is 531. The van der Waals surface area contributed by atoms with Gasteiger partial charge in [0.2, 0.25) is 0 Å². The third-order valence-electron chi connectivity index (χ3n) is 3.31. The fourth-order valence-electron chi connectivity index (χ4n) is 2.09. The summed E-state index contributed by atoms with van der Waals surface area (Å²) in [5.74, 6) is 0.733. The second-order valence-electron chi connectivity index (χ2n) is 5.35. The van der Waals surface area contributed by atoms with Crippen molar-refractivity contribution in [1.29, 1.82) is 0 Å². The fraction of sp³-hybridized carbons (Fsp3) is 0.333. The third kappa shape index (κ3) is 5.48. The maximum Gasteiger partial charge on any atom is 0.177 e. The van der Waals surface area contributed by atoms with E-state index in [0.29, 0.717) is 0 Å². The molecule has 3 N–H and O–H groups in total. The minimum atomic E-state index is -0.624. The Hall–Kier alpha value is -1.88. The van der Waals surface area contributed by atoms with E-state index in [4.69, 9.17) is 4.74 Å². The molecule has 0 heterocycles. The van der Waals surface area contributed by atoms with Gasteiger partial charge in [0.1, 0.15) is 11.9 Å². The van der Waals surface area contributed by atoms with E-state index in [-0.39, 0.29) is 6.17 Å². The molecule has 0 aromatic heterocycles. The summed E-state index contributed by atoms with van der Waals surface area (Å²) >= 11 is 0. The summed E-state index contributed by atoms with van der Waals surface area (Å²) in [7, 11) is 0. The second kappa shape index (κ2) is 8.54. The van der Waals surface area contributed by atoms with Gasteiger partial charge in [-0.1, -0.05) is 48.5 Å². The number of aliphatic hydroxyl groups is 1. The molecule has 0 amide bonds. The Morgan fingerprint density at radius 1 is 0.955 bits per heavy atom. The summed E-state index contributed by atoms with van der Waals surface area (Å²) < 4.78 is 5.80. The molecule has 0 aliphatic carbocycles. The highest BCUT2D eigenvalue weighted by Gasteiger charge is 2.18. The van der Waals surface area contributed by atoms with Gasteiger partial charge in [0.15, 0.2) is 6.23 Å². The highest BCUT2D eigenvalue weighted by atomic mass is 16.5. The molecule has 4 heteroatoms. The molecule has 0 aliphatic rings. The molecule has 0 radical (unpaired) electrons. The van der Waals surface area contributed by atoms with E-state index in [1.165, 1.54) is 5.56 Å². The van der Waals surface area contributed by atoms with Crippen molar-refractivity contribution >= 4 is 0 Å². The van der Waals surface area contributed by atoms with Gasteiger partial charge in [0.05, 0.1) is 6.17 Å². The van der Waals surface area contributed by atoms with Crippen molar-refractivity contribution in [2.24, 2.45) is 0 Å². The molecule has 118 valence electrons. The van der Waals surface area contributed by atoms with Crippen LogP contribution < -0.4 is 15.4 Å². The summed E-state index contributed by atoms with van der Waals surface area (Å²) in [6, 6.07) is 19.7. The van der Waals surface area contributed by atoms with Crippen LogP contribution in [-0.4, -0.2) is 23.6 Å². The number of rotatable bonds is 8. The lowest BCUT2D eigenvalue weighted by molar-refractivity contribution is 0.0176. The topological polar surface area (TPSA) is 53.5 Å². The van der Waals surface area contributed by atoms with Crippen molar-refractivity contribution < 1.29 is 9.84 Å². The molecule has 3 unspecified atom stereocenters. The quantitative estimate of drug-likeness (QED) is 0.656. The molecule has 0 bridgehead atoms. The van der Waals surface area contributed by atoms with Gasteiger partial charge in [-0.15, -0.1) is 0 Å². The van der Waals surface area contributed by atoms with Crippen LogP contribution in [0.15, 0.2) is 60.7 Å². The number of hydrogen-bond acceptors (Lipinski definition) is 4. The van der Waals surface area contributed by atoms with Crippen LogP contribution in [0.5, 0.6) is 5.75 Å². The van der Waals surface area contributed by atoms with Gasteiger partial charge in [-0.3, -0.25) is 10.6 Å². The summed E-state index contributed by atoms with van der Waals surface area (Å²) in [6.45, 7) is 4.48. The van der Waals surface area contributed by atoms with Crippen molar-refractivity contribution in [3.63, 3.8) is 0 Å². The third-order valence-corrected chi connectivity index (χ3v) is 3.31. The molecule has 2 aromatic rings. The van der Waals surface area contributed by atoms with E-state index < -0.39 is 12.3 Å². The zero-order valence-electron chi connectivity index (χ0n) is 13.1. The number of nitrogens with one attached hydrogen (secondary N) is 2. The Labute approximate surface area is 132 Å². The highest BCUT2D eigenvalue weighted by Crippen LogP contribution is 2.11. The summed E-state index contributed by atoms with van der Waals surface area (Å²) in [5, 5.41) is 16.5. The highest BCUT2D eigenvalue weighted by molar-refractivity contribution is 5.21. The molecule has 0 fully saturated rings. The van der Waals surface area contributed by atoms with Gasteiger partial charge in [-0.2, -0.15) is 0 Å². The minimum Gasteiger partial charge on any atom is -0.473 e. The van der Waals surface area contributed by atoms with Crippen LogP contribution in [0, 0.1) is 0 Å². The minimum absolute atomic E-state index is 0.00326. The van der Waals surface area contributed by atoms with Crippen LogP contribution in [-0.2, 0) is 6.54 Å². The Morgan fingerprint density at radius 2 is 1.55 bits per heavy atom. The first-order valence-electron chi connectivity index (χ1n) is 7.58. The van der Waals surface area contributed by atoms with Crippen LogP contribution >= 0.6 is 0 Å². The van der Waals surface area contributed by atoms with Crippen LogP contribution in [0.1, 0.15) is 19.4 Å². The second-order valence-corrected chi connectivity index (χ2v) is 5.35. The van der Waals surface area contributed by atoms with E-state index in [1.54, 1.807) is 6.92 Å². The van der Waals surface area contributed by atoms with E-state index in [0.717, 1.165) is 12.3 Å². The summed E-state index contributed by atoms with van der Waals surface area (Å²) in [4.78, 5) is 0. The SMILES string of the molecule is CC(NCc1ccccc1)NC(Oc1ccccc1)C(C)O. The van der Waals surface area contributed by atoms with Crippen LogP contribution in [0.2, 0.25) is 0 Å². The number of para-hydroxylation sites is 1. The number of aliphatic hydroxyl groups excluding tert-OH is 1. The molecule has 0 saturated heterocycles. The van der Waals surface area contributed by atoms with Gasteiger partial charge in [0, 0.05) is 6.54 Å². The summed E-state index contributed by atoms with van der Waals surface area (Å²) in [5.41, 5.74) is 1.22. The van der Waals surface area contributed by atoms with Gasteiger partial charge >= 0.3 is 0 Å². The molecule has 22 heavy (non-hydrogen) atoms. The van der Waals surface area contributed by atoms with Crippen LogP contribution in [0.4, 0.5) is 0 Å². The van der Waals surface area contributed by atoms with E-state index in [1.807, 2.05) is 55.5 Å². The lowest BCUT2D eigenvalue weighted by atomic mass is 10.2. The normalized spacial score (nSPS) is 15.0. The molecule has 4 nitrogen and oxygen atoms in total. The molecule has 0 saturated carbocycles. The number of hydrogen-bond donors (Lipinski definition) is 3. The zero-order chi connectivity index (χ0) is 15.8. The van der Waals surface area contributed by atoms with Crippen LogP contribution in [0.3, 0.4) is 0 Å². The standard InChI is InChI=1S/C18H24N2O2/c1-14(21)18(22-17-11-7-4-8-12-17)20-15(2)19-13-16-9-5-3-6-10-16/h3-12,14-15,18-21H,13H2,1-2H3. The van der Waals surface area contributed by atoms with Gasteiger partial charge in [-0.05, 0) is 31.5 Å². The molecule has 2 rings (SSSR count). The maximum atomic E-state index is 9.89. The van der Waals surface area contributed by atoms with Gasteiger partial charge in [-0.25, -0.2) is 0 Å². The predicted molar refractivity (Wildman–Crippen MR) is 88.4 cm³/mol. The van der Waals surface area contributed by atoms with Gasteiger partial charge < -0.3 is 9.84 Å². The van der Waals surface area contributed by atoms with Crippen molar-refractivity contribution in [2.75, 3.05) is 0 Å². The van der Waals surface area contributed by atoms with Crippen LogP contribution in [0.25, 0.3) is 0 Å². The summed E-state index contributed by atoms with van der Waals surface area (Å²) in [6.07, 6.45) is -1.09. The molecular weight excluding hydrogens is 276 g/mol. The van der Waals surface area contributed by atoms with Crippen molar-refractivity contribution in [2.45, 2.75) is 38.9 Å². The zero-order valence-corrected chi connectivity index (χ0v) is 13.1. The van der Waals surface area contributed by atoms with Crippen molar-refractivity contribution in [3.8, 4) is 5.75 Å². The lowest BCUT2D eigenvalue weighted by Crippen LogP contribution is -2.52. The molecule has 3 atom stereocenters. The monoisotopic (exact) mass is 300 g/mol. The van der Waals surface area contributed by atoms with E-state index in [9.17, 15) is 5.11 Å². The van der Waals surface area contributed by atoms with Crippen molar-refractivity contribution in [1.82, 2.24) is 10.6 Å². The first-order chi connectivity index (χ1) is 10.6. The molecular formula is C18H24N2O2. The smallest absolute Gasteiger partial charge is 0.177 e. The molecule has 0 aliphatic heterocycles. The average molecular weight is 300 g/mol. The first kappa shape index (κ1) is 16.5. The average Bonchev–Trinajstić information content (AvgIpc) is 2.54. The fourth-order valence-corrected chi connectivity index (χ4v) is 2.09. The predicted octanol–water partition coefficient (Wildman–Crippen LogP) is 2.50. The Morgan fingerprint density at radius 3 is 2.14 bits per heavy atom. The molecule has 0 spiro atoms. The Balaban J connectivity index is 1.85. The van der Waals surface area contributed by atoms with Gasteiger partial charge in [0.25, 0.3) is 0 Å². The Kier molecular flexibility index (Phi) is 6.40. The first-order valence-corrected chi connectivity index (χ1v) is 7.58. The maximum absolute atomic E-state index is 9.89.